The summed E-state index contributed by atoms with van der Waals surface area (Å²) >= 11 is 0. The smallest absolute Gasteiger partial charge is 0.239 e. The predicted molar refractivity (Wildman–Crippen MR) is 74.2 cm³/mol. The van der Waals surface area contributed by atoms with Crippen LogP contribution in [0.15, 0.2) is 6.07 Å². The number of nitrogens with zero attached hydrogens (tertiary/aromatic N) is 2. The summed E-state index contributed by atoms with van der Waals surface area (Å²) in [5.41, 5.74) is 3.84. The minimum absolute atomic E-state index is 0.424. The van der Waals surface area contributed by atoms with Crippen LogP contribution >= 0.6 is 0 Å². The lowest BCUT2D eigenvalue weighted by Gasteiger charge is -2.35. The Morgan fingerprint density at radius 1 is 1.39 bits per heavy atom. The third-order valence-electron chi connectivity index (χ3n) is 3.54. The number of aromatic nitrogens is 2. The van der Waals surface area contributed by atoms with E-state index in [9.17, 15) is 0 Å². The van der Waals surface area contributed by atoms with Gasteiger partial charge in [-0.05, 0) is 31.6 Å². The molecule has 1 atom stereocenters. The molecule has 0 spiro atoms. The van der Waals surface area contributed by atoms with Crippen molar-refractivity contribution in [1.82, 2.24) is 9.97 Å². The highest BCUT2D eigenvalue weighted by molar-refractivity contribution is 5.42. The summed E-state index contributed by atoms with van der Waals surface area (Å²) in [6.45, 7) is 6.61. The topological polar surface area (TPSA) is 75.9 Å². The summed E-state index contributed by atoms with van der Waals surface area (Å²) in [4.78, 5) is 8.52. The molecule has 1 aliphatic carbocycles. The number of hydrazine groups is 1. The van der Waals surface area contributed by atoms with Gasteiger partial charge in [0, 0.05) is 17.8 Å². The number of aryl methyl sites for hydroxylation is 1. The van der Waals surface area contributed by atoms with Crippen LogP contribution in [0.5, 0.6) is 0 Å². The monoisotopic (exact) mass is 249 g/mol. The van der Waals surface area contributed by atoms with Crippen molar-refractivity contribution >= 4 is 11.8 Å². The molecule has 1 aliphatic rings. The molecule has 0 bridgehead atoms. The van der Waals surface area contributed by atoms with E-state index in [4.69, 9.17) is 5.84 Å². The molecule has 100 valence electrons. The maximum absolute atomic E-state index is 5.36. The largest absolute Gasteiger partial charge is 0.367 e. The zero-order valence-corrected chi connectivity index (χ0v) is 11.5. The van der Waals surface area contributed by atoms with Gasteiger partial charge in [0.05, 0.1) is 0 Å². The quantitative estimate of drug-likeness (QED) is 0.566. The van der Waals surface area contributed by atoms with Gasteiger partial charge in [0.1, 0.15) is 5.82 Å². The first-order valence-electron chi connectivity index (χ1n) is 6.57. The molecule has 0 amide bonds. The highest BCUT2D eigenvalue weighted by Crippen LogP contribution is 2.36. The maximum Gasteiger partial charge on any atom is 0.239 e. The number of nitrogen functional groups attached to an aromatic ring is 1. The second kappa shape index (κ2) is 5.10. The van der Waals surface area contributed by atoms with E-state index in [0.29, 0.717) is 17.4 Å². The van der Waals surface area contributed by atoms with Crippen LogP contribution in [0.3, 0.4) is 0 Å². The van der Waals surface area contributed by atoms with Crippen molar-refractivity contribution in [2.75, 3.05) is 10.7 Å². The SMILES string of the molecule is Cc1cc(NC2CCCC(C)(C)C2)nc(NN)n1. The third kappa shape index (κ3) is 3.32. The van der Waals surface area contributed by atoms with Crippen molar-refractivity contribution in [3.63, 3.8) is 0 Å². The molecule has 0 saturated heterocycles. The van der Waals surface area contributed by atoms with Gasteiger partial charge in [0.25, 0.3) is 0 Å². The Bertz CT molecular complexity index is 416. The van der Waals surface area contributed by atoms with Crippen LogP contribution in [-0.2, 0) is 0 Å². The molecule has 5 heteroatoms. The van der Waals surface area contributed by atoms with Gasteiger partial charge >= 0.3 is 0 Å². The van der Waals surface area contributed by atoms with Gasteiger partial charge < -0.3 is 5.32 Å². The molecule has 5 nitrogen and oxygen atoms in total. The van der Waals surface area contributed by atoms with Gasteiger partial charge in [-0.25, -0.2) is 10.8 Å². The molecule has 1 aromatic rings. The molecule has 1 aromatic heterocycles. The molecule has 1 saturated carbocycles. The summed E-state index contributed by atoms with van der Waals surface area (Å²) in [5.74, 6) is 6.69. The first-order chi connectivity index (χ1) is 8.48. The van der Waals surface area contributed by atoms with Crippen molar-refractivity contribution < 1.29 is 0 Å². The fraction of sp³-hybridized carbons (Fsp3) is 0.692. The average Bonchev–Trinajstić information content (AvgIpc) is 2.26. The van der Waals surface area contributed by atoms with Crippen LogP contribution in [-0.4, -0.2) is 16.0 Å². The van der Waals surface area contributed by atoms with Crippen LogP contribution < -0.4 is 16.6 Å². The Balaban J connectivity index is 2.07. The number of nitrogens with one attached hydrogen (secondary N) is 2. The van der Waals surface area contributed by atoms with Gasteiger partial charge in [0.15, 0.2) is 0 Å². The minimum Gasteiger partial charge on any atom is -0.367 e. The number of rotatable bonds is 3. The number of hydrogen-bond acceptors (Lipinski definition) is 5. The zero-order valence-electron chi connectivity index (χ0n) is 11.5. The summed E-state index contributed by atoms with van der Waals surface area (Å²) in [6, 6.07) is 2.45. The molecule has 1 heterocycles. The number of anilines is 2. The first-order valence-corrected chi connectivity index (χ1v) is 6.57. The zero-order chi connectivity index (χ0) is 13.2. The lowest BCUT2D eigenvalue weighted by molar-refractivity contribution is 0.229. The molecule has 1 unspecified atom stereocenters. The van der Waals surface area contributed by atoms with Crippen molar-refractivity contribution in [2.24, 2.45) is 11.3 Å². The highest BCUT2D eigenvalue weighted by atomic mass is 15.3. The van der Waals surface area contributed by atoms with E-state index in [-0.39, 0.29) is 0 Å². The Morgan fingerprint density at radius 3 is 2.83 bits per heavy atom. The number of nitrogens with two attached hydrogens (primary N) is 1. The fourth-order valence-corrected chi connectivity index (χ4v) is 2.74. The molecule has 18 heavy (non-hydrogen) atoms. The Labute approximate surface area is 109 Å². The Hall–Kier alpha value is -1.36. The van der Waals surface area contributed by atoms with Gasteiger partial charge in [-0.3, -0.25) is 5.43 Å². The van der Waals surface area contributed by atoms with Crippen LogP contribution in [0.25, 0.3) is 0 Å². The second-order valence-corrected chi connectivity index (χ2v) is 5.96. The van der Waals surface area contributed by atoms with Gasteiger partial charge in [0.2, 0.25) is 5.95 Å². The standard InChI is InChI=1S/C13H23N5/c1-9-7-11(17-12(15-9)18-14)16-10-5-4-6-13(2,3)8-10/h7,10H,4-6,8,14H2,1-3H3,(H2,15,16,17,18). The summed E-state index contributed by atoms with van der Waals surface area (Å²) in [5, 5.41) is 3.51. The minimum atomic E-state index is 0.424. The summed E-state index contributed by atoms with van der Waals surface area (Å²) < 4.78 is 0. The molecule has 0 radical (unpaired) electrons. The molecule has 0 aliphatic heterocycles. The number of hydrogen-bond donors (Lipinski definition) is 3. The van der Waals surface area contributed by atoms with Crippen LogP contribution in [0.1, 0.15) is 45.2 Å². The molecular formula is C13H23N5. The average molecular weight is 249 g/mol. The van der Waals surface area contributed by atoms with Crippen LogP contribution in [0, 0.1) is 12.3 Å². The van der Waals surface area contributed by atoms with Crippen LogP contribution in [0.4, 0.5) is 11.8 Å². The normalized spacial score (nSPS) is 22.6. The molecule has 0 aromatic carbocycles. The molecule has 1 fully saturated rings. The van der Waals surface area contributed by atoms with Crippen molar-refractivity contribution in [2.45, 2.75) is 52.5 Å². The van der Waals surface area contributed by atoms with Crippen molar-refractivity contribution in [3.05, 3.63) is 11.8 Å². The lowest BCUT2D eigenvalue weighted by Crippen LogP contribution is -2.32. The van der Waals surface area contributed by atoms with Gasteiger partial charge in [-0.15, -0.1) is 0 Å². The van der Waals surface area contributed by atoms with E-state index in [1.807, 2.05) is 13.0 Å². The second-order valence-electron chi connectivity index (χ2n) is 5.96. The van der Waals surface area contributed by atoms with E-state index >= 15 is 0 Å². The maximum atomic E-state index is 5.36. The molecule has 2 rings (SSSR count). The molecular weight excluding hydrogens is 226 g/mol. The van der Waals surface area contributed by atoms with E-state index in [0.717, 1.165) is 11.5 Å². The van der Waals surface area contributed by atoms with E-state index in [2.05, 4.69) is 34.6 Å². The van der Waals surface area contributed by atoms with Crippen molar-refractivity contribution in [3.8, 4) is 0 Å². The fourth-order valence-electron chi connectivity index (χ4n) is 2.74. The summed E-state index contributed by atoms with van der Waals surface area (Å²) in [7, 11) is 0. The van der Waals surface area contributed by atoms with Crippen LogP contribution in [0.2, 0.25) is 0 Å². The predicted octanol–water partition coefficient (Wildman–Crippen LogP) is 2.45. The highest BCUT2D eigenvalue weighted by Gasteiger charge is 2.28. The van der Waals surface area contributed by atoms with E-state index in [1.54, 1.807) is 0 Å². The van der Waals surface area contributed by atoms with E-state index < -0.39 is 0 Å². The van der Waals surface area contributed by atoms with E-state index in [1.165, 1.54) is 25.7 Å². The Morgan fingerprint density at radius 2 is 2.17 bits per heavy atom. The third-order valence-corrected chi connectivity index (χ3v) is 3.54. The summed E-state index contributed by atoms with van der Waals surface area (Å²) in [6.07, 6.45) is 4.97. The molecule has 4 N–H and O–H groups in total. The first kappa shape index (κ1) is 13.1. The van der Waals surface area contributed by atoms with Gasteiger partial charge in [-0.2, -0.15) is 4.98 Å². The van der Waals surface area contributed by atoms with Gasteiger partial charge in [-0.1, -0.05) is 20.3 Å². The Kier molecular flexibility index (Phi) is 3.71. The lowest BCUT2D eigenvalue weighted by atomic mass is 9.75. The van der Waals surface area contributed by atoms with Crippen molar-refractivity contribution in [1.29, 1.82) is 0 Å².